The van der Waals surface area contributed by atoms with Crippen LogP contribution in [0.3, 0.4) is 0 Å². The number of rotatable bonds is 0. The van der Waals surface area contributed by atoms with E-state index in [0.29, 0.717) is 10.9 Å². The Kier molecular flexibility index (Phi) is 2.04. The molecule has 0 fully saturated rings. The van der Waals surface area contributed by atoms with Gasteiger partial charge in [-0.15, -0.1) is 0 Å². The molecule has 3 rings (SSSR count). The van der Waals surface area contributed by atoms with E-state index < -0.39 is 5.69 Å². The molecule has 0 spiro atoms. The fraction of sp³-hybridized carbons (Fsp3) is 0.231. The minimum atomic E-state index is -0.454. The molecule has 0 saturated heterocycles. The summed E-state index contributed by atoms with van der Waals surface area (Å²) in [5, 5.41) is 0.536. The second-order valence-corrected chi connectivity index (χ2v) is 4.50. The number of hydrogen-bond acceptors (Lipinski definition) is 2. The Balaban J connectivity index is 2.41. The monoisotopic (exact) mass is 228 g/mol. The largest absolute Gasteiger partial charge is 0.326 e. The van der Waals surface area contributed by atoms with E-state index in [4.69, 9.17) is 0 Å². The number of H-pyrrole nitrogens is 2. The Morgan fingerprint density at radius 2 is 1.94 bits per heavy atom. The maximum Gasteiger partial charge on any atom is 0.326 e. The maximum atomic E-state index is 11.7. The standard InChI is InChI=1S/C13H12N2O2/c1-7-2-3-8-6-11-10(5-9(8)4-7)12(16)15-13(17)14-11/h4-6H,2-3H2,1H3,(H2,14,15,16,17). The van der Waals surface area contributed by atoms with E-state index in [1.165, 1.54) is 11.1 Å². The third-order valence-corrected chi connectivity index (χ3v) is 3.19. The van der Waals surface area contributed by atoms with Crippen molar-refractivity contribution in [2.24, 2.45) is 0 Å². The molecule has 0 amide bonds. The number of aromatic nitrogens is 2. The van der Waals surface area contributed by atoms with Crippen LogP contribution >= 0.6 is 0 Å². The van der Waals surface area contributed by atoms with E-state index >= 15 is 0 Å². The van der Waals surface area contributed by atoms with Gasteiger partial charge in [0.2, 0.25) is 0 Å². The summed E-state index contributed by atoms with van der Waals surface area (Å²) in [6.45, 7) is 2.09. The zero-order valence-electron chi connectivity index (χ0n) is 9.46. The van der Waals surface area contributed by atoms with Gasteiger partial charge in [0.25, 0.3) is 5.56 Å². The van der Waals surface area contributed by atoms with Crippen LogP contribution in [0.15, 0.2) is 27.3 Å². The summed E-state index contributed by atoms with van der Waals surface area (Å²) in [7, 11) is 0. The lowest BCUT2D eigenvalue weighted by Gasteiger charge is -2.14. The van der Waals surface area contributed by atoms with Crippen LogP contribution in [0.4, 0.5) is 0 Å². The highest BCUT2D eigenvalue weighted by Gasteiger charge is 2.11. The molecule has 2 N–H and O–H groups in total. The molecule has 0 bridgehead atoms. The summed E-state index contributed by atoms with van der Waals surface area (Å²) in [5.74, 6) is 0. The van der Waals surface area contributed by atoms with E-state index in [1.807, 2.05) is 12.1 Å². The lowest BCUT2D eigenvalue weighted by atomic mass is 9.92. The topological polar surface area (TPSA) is 65.7 Å². The molecule has 4 nitrogen and oxygen atoms in total. The quantitative estimate of drug-likeness (QED) is 0.718. The molecule has 1 aliphatic rings. The Morgan fingerprint density at radius 3 is 2.76 bits per heavy atom. The fourth-order valence-electron chi connectivity index (χ4n) is 2.30. The van der Waals surface area contributed by atoms with Gasteiger partial charge in [-0.05, 0) is 43.0 Å². The minimum absolute atomic E-state index is 0.330. The van der Waals surface area contributed by atoms with Crippen molar-refractivity contribution in [1.29, 1.82) is 0 Å². The van der Waals surface area contributed by atoms with Gasteiger partial charge >= 0.3 is 5.69 Å². The number of aromatic amines is 2. The average Bonchev–Trinajstić information content (AvgIpc) is 2.27. The van der Waals surface area contributed by atoms with Gasteiger partial charge in [0, 0.05) is 0 Å². The molecule has 1 aromatic heterocycles. The van der Waals surface area contributed by atoms with Crippen molar-refractivity contribution in [2.75, 3.05) is 0 Å². The number of aryl methyl sites for hydroxylation is 1. The summed E-state index contributed by atoms with van der Waals surface area (Å²) >= 11 is 0. The van der Waals surface area contributed by atoms with E-state index in [9.17, 15) is 9.59 Å². The highest BCUT2D eigenvalue weighted by atomic mass is 16.2. The zero-order chi connectivity index (χ0) is 12.0. The molecule has 1 heterocycles. The second kappa shape index (κ2) is 3.45. The normalized spacial score (nSPS) is 14.5. The summed E-state index contributed by atoms with van der Waals surface area (Å²) in [5.41, 5.74) is 3.42. The fourth-order valence-corrected chi connectivity index (χ4v) is 2.30. The first-order chi connectivity index (χ1) is 8.13. The molecule has 4 heteroatoms. The number of fused-ring (bicyclic) bond motifs is 2. The first-order valence-electron chi connectivity index (χ1n) is 5.60. The van der Waals surface area contributed by atoms with Crippen molar-refractivity contribution in [1.82, 2.24) is 9.97 Å². The van der Waals surface area contributed by atoms with Gasteiger partial charge in [-0.1, -0.05) is 11.6 Å². The molecule has 0 unspecified atom stereocenters. The van der Waals surface area contributed by atoms with Gasteiger partial charge in [-0.3, -0.25) is 9.78 Å². The predicted octanol–water partition coefficient (Wildman–Crippen LogP) is 1.57. The van der Waals surface area contributed by atoms with Crippen LogP contribution in [0.2, 0.25) is 0 Å². The van der Waals surface area contributed by atoms with Gasteiger partial charge in [0.15, 0.2) is 0 Å². The summed E-state index contributed by atoms with van der Waals surface area (Å²) in [6, 6.07) is 3.76. The Bertz CT molecular complexity index is 750. The highest BCUT2D eigenvalue weighted by Crippen LogP contribution is 2.25. The number of nitrogens with one attached hydrogen (secondary N) is 2. The first-order valence-corrected chi connectivity index (χ1v) is 5.60. The molecular formula is C13H12N2O2. The van der Waals surface area contributed by atoms with E-state index in [-0.39, 0.29) is 5.56 Å². The molecule has 1 aliphatic carbocycles. The first kappa shape index (κ1) is 10.1. The SMILES string of the molecule is CC1=Cc2cc3c(=O)[nH]c(=O)[nH]c3cc2CC1. The average molecular weight is 228 g/mol. The van der Waals surface area contributed by atoms with E-state index in [0.717, 1.165) is 18.4 Å². The molecule has 0 radical (unpaired) electrons. The van der Waals surface area contributed by atoms with E-state index in [2.05, 4.69) is 23.0 Å². The van der Waals surface area contributed by atoms with Crippen molar-refractivity contribution in [2.45, 2.75) is 19.8 Å². The van der Waals surface area contributed by atoms with Crippen molar-refractivity contribution in [3.63, 3.8) is 0 Å². The lowest BCUT2D eigenvalue weighted by molar-refractivity contribution is 0.928. The van der Waals surface area contributed by atoms with Gasteiger partial charge in [-0.25, -0.2) is 4.79 Å². The Labute approximate surface area is 97.0 Å². The third kappa shape index (κ3) is 1.62. The molecule has 0 aliphatic heterocycles. The smallest absolute Gasteiger partial charge is 0.307 e. The lowest BCUT2D eigenvalue weighted by Crippen LogP contribution is -2.22. The van der Waals surface area contributed by atoms with Gasteiger partial charge in [-0.2, -0.15) is 0 Å². The molecule has 2 aromatic rings. The van der Waals surface area contributed by atoms with Crippen molar-refractivity contribution >= 4 is 17.0 Å². The number of hydrogen-bond donors (Lipinski definition) is 2. The van der Waals surface area contributed by atoms with Crippen LogP contribution < -0.4 is 11.2 Å². The zero-order valence-corrected chi connectivity index (χ0v) is 9.46. The molecular weight excluding hydrogens is 216 g/mol. The minimum Gasteiger partial charge on any atom is -0.307 e. The molecule has 86 valence electrons. The number of allylic oxidation sites excluding steroid dienone is 1. The predicted molar refractivity (Wildman–Crippen MR) is 67.2 cm³/mol. The van der Waals surface area contributed by atoms with Crippen LogP contribution in [0.5, 0.6) is 0 Å². The van der Waals surface area contributed by atoms with Gasteiger partial charge in [0.1, 0.15) is 0 Å². The van der Waals surface area contributed by atoms with Crippen molar-refractivity contribution < 1.29 is 0 Å². The Hall–Kier alpha value is -2.10. The maximum absolute atomic E-state index is 11.7. The van der Waals surface area contributed by atoms with Crippen LogP contribution in [-0.2, 0) is 6.42 Å². The van der Waals surface area contributed by atoms with Crippen molar-refractivity contribution in [3.8, 4) is 0 Å². The van der Waals surface area contributed by atoms with Crippen LogP contribution in [0.25, 0.3) is 17.0 Å². The molecule has 0 saturated carbocycles. The highest BCUT2D eigenvalue weighted by molar-refractivity contribution is 5.82. The van der Waals surface area contributed by atoms with Crippen LogP contribution in [0.1, 0.15) is 24.5 Å². The second-order valence-electron chi connectivity index (χ2n) is 4.50. The van der Waals surface area contributed by atoms with Crippen LogP contribution in [0, 0.1) is 0 Å². The van der Waals surface area contributed by atoms with Crippen molar-refractivity contribution in [3.05, 3.63) is 49.7 Å². The summed E-state index contributed by atoms with van der Waals surface area (Å²) in [6.07, 6.45) is 4.09. The van der Waals surface area contributed by atoms with Gasteiger partial charge < -0.3 is 4.98 Å². The third-order valence-electron chi connectivity index (χ3n) is 3.19. The van der Waals surface area contributed by atoms with Gasteiger partial charge in [0.05, 0.1) is 10.9 Å². The van der Waals surface area contributed by atoms with E-state index in [1.54, 1.807) is 0 Å². The number of benzene rings is 1. The molecule has 1 aromatic carbocycles. The Morgan fingerprint density at radius 1 is 1.12 bits per heavy atom. The molecule has 0 atom stereocenters. The van der Waals surface area contributed by atoms with Crippen LogP contribution in [-0.4, -0.2) is 9.97 Å². The molecule has 17 heavy (non-hydrogen) atoms. The summed E-state index contributed by atoms with van der Waals surface area (Å²) in [4.78, 5) is 27.8. The summed E-state index contributed by atoms with van der Waals surface area (Å²) < 4.78 is 0.